The zero-order valence-electron chi connectivity index (χ0n) is 11.2. The molecule has 0 atom stereocenters. The molecule has 0 amide bonds. The summed E-state index contributed by atoms with van der Waals surface area (Å²) in [6, 6.07) is 11.9. The van der Waals surface area contributed by atoms with Crippen molar-refractivity contribution in [2.45, 2.75) is 13.5 Å². The largest absolute Gasteiger partial charge is 0.503 e. The molecule has 0 bridgehead atoms. The number of benzene rings is 1. The van der Waals surface area contributed by atoms with Gasteiger partial charge in [-0.15, -0.1) is 0 Å². The number of aryl methyl sites for hydroxylation is 1. The Hall–Kier alpha value is -2.62. The van der Waals surface area contributed by atoms with Crippen LogP contribution in [0.5, 0.6) is 5.75 Å². The van der Waals surface area contributed by atoms with Crippen molar-refractivity contribution in [1.29, 1.82) is 0 Å². The summed E-state index contributed by atoms with van der Waals surface area (Å²) in [5, 5.41) is 16.9. The van der Waals surface area contributed by atoms with Crippen LogP contribution in [0.2, 0.25) is 0 Å². The fraction of sp³-hybridized carbons (Fsp3) is 0.125. The van der Waals surface area contributed by atoms with Gasteiger partial charge >= 0.3 is 0 Å². The highest BCUT2D eigenvalue weighted by molar-refractivity contribution is 5.64. The smallest absolute Gasteiger partial charge is 0.211 e. The molecule has 2 N–H and O–H groups in total. The Morgan fingerprint density at radius 2 is 2.00 bits per heavy atom. The Labute approximate surface area is 117 Å². The quantitative estimate of drug-likeness (QED) is 0.715. The highest BCUT2D eigenvalue weighted by Gasteiger charge is 2.12. The van der Waals surface area contributed by atoms with Crippen LogP contribution in [-0.4, -0.2) is 15.3 Å². The number of rotatable bonds is 3. The molecule has 2 aromatic heterocycles. The second-order valence-electron chi connectivity index (χ2n) is 4.85. The minimum Gasteiger partial charge on any atom is -0.503 e. The number of pyridine rings is 1. The van der Waals surface area contributed by atoms with E-state index < -0.39 is 0 Å². The Bertz CT molecular complexity index is 720. The third-order valence-corrected chi connectivity index (χ3v) is 3.26. The van der Waals surface area contributed by atoms with Gasteiger partial charge in [0.25, 0.3) is 0 Å². The molecule has 100 valence electrons. The van der Waals surface area contributed by atoms with Gasteiger partial charge < -0.3 is 5.11 Å². The van der Waals surface area contributed by atoms with Gasteiger partial charge in [-0.3, -0.25) is 5.10 Å². The van der Waals surface area contributed by atoms with Crippen LogP contribution < -0.4 is 4.57 Å². The number of H-pyrrole nitrogens is 1. The van der Waals surface area contributed by atoms with E-state index in [0.717, 1.165) is 23.4 Å². The summed E-state index contributed by atoms with van der Waals surface area (Å²) in [6.07, 6.45) is 5.52. The highest BCUT2D eigenvalue weighted by Crippen LogP contribution is 2.22. The molecular weight excluding hydrogens is 250 g/mol. The molecule has 2 heterocycles. The maximum Gasteiger partial charge on any atom is 0.211 e. The number of aromatic nitrogens is 3. The van der Waals surface area contributed by atoms with Crippen molar-refractivity contribution in [2.75, 3.05) is 0 Å². The lowest BCUT2D eigenvalue weighted by molar-refractivity contribution is -0.688. The Balaban J connectivity index is 1.97. The lowest BCUT2D eigenvalue weighted by Gasteiger charge is -2.02. The van der Waals surface area contributed by atoms with Crippen LogP contribution in [0.3, 0.4) is 0 Å². The molecule has 4 nitrogen and oxygen atoms in total. The lowest BCUT2D eigenvalue weighted by atomic mass is 10.1. The van der Waals surface area contributed by atoms with Crippen LogP contribution in [0.4, 0.5) is 0 Å². The van der Waals surface area contributed by atoms with E-state index in [1.165, 1.54) is 5.56 Å². The molecule has 4 heteroatoms. The van der Waals surface area contributed by atoms with Gasteiger partial charge in [0.15, 0.2) is 18.5 Å². The minimum atomic E-state index is 0.249. The standard InChI is InChI=1S/C16H15N3O/c1-12-16(8-17-18-12)14-7-15(20)11-19(10-14)9-13-5-3-2-4-6-13/h2-8,10-11H,9H2,1H3,(H-,17,18,20)/p+1. The van der Waals surface area contributed by atoms with E-state index in [1.54, 1.807) is 18.5 Å². The van der Waals surface area contributed by atoms with E-state index in [-0.39, 0.29) is 5.75 Å². The summed E-state index contributed by atoms with van der Waals surface area (Å²) >= 11 is 0. The molecular formula is C16H16N3O+. The third kappa shape index (κ3) is 2.54. The van der Waals surface area contributed by atoms with E-state index in [2.05, 4.69) is 22.3 Å². The van der Waals surface area contributed by atoms with Gasteiger partial charge in [0.1, 0.15) is 0 Å². The molecule has 0 fully saturated rings. The van der Waals surface area contributed by atoms with Crippen LogP contribution in [0.15, 0.2) is 55.0 Å². The summed E-state index contributed by atoms with van der Waals surface area (Å²) in [7, 11) is 0. The molecule has 20 heavy (non-hydrogen) atoms. The normalized spacial score (nSPS) is 10.7. The van der Waals surface area contributed by atoms with Crippen molar-refractivity contribution in [1.82, 2.24) is 10.2 Å². The van der Waals surface area contributed by atoms with Crippen LogP contribution in [-0.2, 0) is 6.54 Å². The van der Waals surface area contributed by atoms with Gasteiger partial charge in [0.2, 0.25) is 6.20 Å². The van der Waals surface area contributed by atoms with Gasteiger partial charge in [-0.1, -0.05) is 30.3 Å². The van der Waals surface area contributed by atoms with Crippen molar-refractivity contribution in [3.63, 3.8) is 0 Å². The Kier molecular flexibility index (Phi) is 3.21. The lowest BCUT2D eigenvalue weighted by Crippen LogP contribution is -2.33. The van der Waals surface area contributed by atoms with Crippen molar-refractivity contribution in [3.8, 4) is 16.9 Å². The fourth-order valence-electron chi connectivity index (χ4n) is 2.29. The van der Waals surface area contributed by atoms with E-state index in [9.17, 15) is 5.11 Å². The summed E-state index contributed by atoms with van der Waals surface area (Å²) in [4.78, 5) is 0. The number of aromatic amines is 1. The number of aromatic hydroxyl groups is 1. The molecule has 0 aliphatic heterocycles. The second kappa shape index (κ2) is 5.17. The van der Waals surface area contributed by atoms with E-state index in [0.29, 0.717) is 0 Å². The molecule has 0 aliphatic carbocycles. The summed E-state index contributed by atoms with van der Waals surface area (Å²) < 4.78 is 1.98. The molecule has 3 aromatic rings. The van der Waals surface area contributed by atoms with E-state index in [1.807, 2.05) is 35.9 Å². The molecule has 0 aliphatic rings. The van der Waals surface area contributed by atoms with E-state index >= 15 is 0 Å². The zero-order chi connectivity index (χ0) is 13.9. The van der Waals surface area contributed by atoms with Crippen LogP contribution in [0, 0.1) is 6.92 Å². The van der Waals surface area contributed by atoms with Crippen LogP contribution in [0.1, 0.15) is 11.3 Å². The van der Waals surface area contributed by atoms with Gasteiger partial charge in [-0.2, -0.15) is 9.67 Å². The SMILES string of the molecule is Cc1[nH]ncc1-c1cc(O)c[n+](Cc2ccccc2)c1. The van der Waals surface area contributed by atoms with Crippen molar-refractivity contribution >= 4 is 0 Å². The van der Waals surface area contributed by atoms with Gasteiger partial charge in [0.05, 0.1) is 11.8 Å². The molecule has 0 spiro atoms. The highest BCUT2D eigenvalue weighted by atomic mass is 16.3. The topological polar surface area (TPSA) is 52.8 Å². The summed E-state index contributed by atoms with van der Waals surface area (Å²) in [5.74, 6) is 0.249. The van der Waals surface area contributed by atoms with Crippen molar-refractivity contribution in [3.05, 3.63) is 66.2 Å². The Morgan fingerprint density at radius 1 is 1.20 bits per heavy atom. The molecule has 0 unspecified atom stereocenters. The molecule has 0 saturated heterocycles. The van der Waals surface area contributed by atoms with Crippen LogP contribution in [0.25, 0.3) is 11.1 Å². The van der Waals surface area contributed by atoms with Crippen molar-refractivity contribution < 1.29 is 9.67 Å². The average molecular weight is 266 g/mol. The number of nitrogens with zero attached hydrogens (tertiary/aromatic N) is 2. The van der Waals surface area contributed by atoms with Crippen molar-refractivity contribution in [2.24, 2.45) is 0 Å². The first-order valence-corrected chi connectivity index (χ1v) is 6.50. The average Bonchev–Trinajstić information content (AvgIpc) is 2.85. The predicted molar refractivity (Wildman–Crippen MR) is 76.2 cm³/mol. The molecule has 3 rings (SSSR count). The first kappa shape index (κ1) is 12.4. The summed E-state index contributed by atoms with van der Waals surface area (Å²) in [6.45, 7) is 2.69. The second-order valence-corrected chi connectivity index (χ2v) is 4.85. The first-order valence-electron chi connectivity index (χ1n) is 6.50. The molecule has 1 aromatic carbocycles. The first-order chi connectivity index (χ1) is 9.72. The molecule has 0 saturated carbocycles. The molecule has 0 radical (unpaired) electrons. The predicted octanol–water partition coefficient (Wildman–Crippen LogP) is 2.43. The van der Waals surface area contributed by atoms with Gasteiger partial charge in [0, 0.05) is 22.9 Å². The van der Waals surface area contributed by atoms with Crippen LogP contribution >= 0.6 is 0 Å². The van der Waals surface area contributed by atoms with Gasteiger partial charge in [-0.25, -0.2) is 0 Å². The number of hydrogen-bond acceptors (Lipinski definition) is 2. The van der Waals surface area contributed by atoms with Gasteiger partial charge in [-0.05, 0) is 6.92 Å². The third-order valence-electron chi connectivity index (χ3n) is 3.26. The maximum absolute atomic E-state index is 9.91. The monoisotopic (exact) mass is 266 g/mol. The maximum atomic E-state index is 9.91. The minimum absolute atomic E-state index is 0.249. The van der Waals surface area contributed by atoms with E-state index in [4.69, 9.17) is 0 Å². The zero-order valence-corrected chi connectivity index (χ0v) is 11.2. The Morgan fingerprint density at radius 3 is 2.70 bits per heavy atom. The number of hydrogen-bond donors (Lipinski definition) is 2. The summed E-state index contributed by atoms with van der Waals surface area (Å²) in [5.41, 5.74) is 4.13. The number of nitrogens with one attached hydrogen (secondary N) is 1. The fourth-order valence-corrected chi connectivity index (χ4v) is 2.29.